The fraction of sp³-hybridized carbons (Fsp3) is 0.600. The van der Waals surface area contributed by atoms with Crippen LogP contribution in [0.3, 0.4) is 0 Å². The molecule has 3 rings (SSSR count). The molecular formula is C20H30N4O2. The summed E-state index contributed by atoms with van der Waals surface area (Å²) in [4.78, 5) is 30.9. The molecule has 0 radical (unpaired) electrons. The molecule has 0 bridgehead atoms. The van der Waals surface area contributed by atoms with Gasteiger partial charge in [-0.2, -0.15) is 0 Å². The zero-order valence-corrected chi connectivity index (χ0v) is 16.3. The predicted octanol–water partition coefficient (Wildman–Crippen LogP) is 2.64. The molecule has 1 saturated carbocycles. The summed E-state index contributed by atoms with van der Waals surface area (Å²) in [7, 11) is 5.97. The molecule has 1 N–H and O–H groups in total. The molecular weight excluding hydrogens is 328 g/mol. The molecule has 26 heavy (non-hydrogen) atoms. The Bertz CT molecular complexity index is 673. The van der Waals surface area contributed by atoms with E-state index in [2.05, 4.69) is 41.4 Å². The van der Waals surface area contributed by atoms with Crippen molar-refractivity contribution in [3.63, 3.8) is 0 Å². The maximum atomic E-state index is 13.0. The van der Waals surface area contributed by atoms with Gasteiger partial charge in [0.1, 0.15) is 5.54 Å². The minimum absolute atomic E-state index is 0.0514. The van der Waals surface area contributed by atoms with Gasteiger partial charge < -0.3 is 10.2 Å². The monoisotopic (exact) mass is 358 g/mol. The number of hydrogen-bond donors (Lipinski definition) is 1. The lowest BCUT2D eigenvalue weighted by atomic mass is 9.73. The summed E-state index contributed by atoms with van der Waals surface area (Å²) in [5.41, 5.74) is 1.63. The van der Waals surface area contributed by atoms with Gasteiger partial charge in [0, 0.05) is 26.3 Å². The van der Waals surface area contributed by atoms with Crippen LogP contribution in [-0.2, 0) is 11.3 Å². The highest BCUT2D eigenvalue weighted by Gasteiger charge is 2.54. The molecule has 6 heteroatoms. The van der Waals surface area contributed by atoms with E-state index in [0.29, 0.717) is 13.2 Å². The third kappa shape index (κ3) is 3.43. The number of anilines is 1. The SMILES string of the molecule is C[C@@H]1CCCC[C@@]12NC(=O)N(CN(C)Cc1ccc(N(C)C)cc1)C2=O. The van der Waals surface area contributed by atoms with Crippen molar-refractivity contribution in [1.82, 2.24) is 15.1 Å². The highest BCUT2D eigenvalue weighted by atomic mass is 16.2. The molecule has 2 atom stereocenters. The number of imide groups is 1. The molecule has 1 aliphatic carbocycles. The Hall–Kier alpha value is -2.08. The number of hydrogen-bond acceptors (Lipinski definition) is 4. The summed E-state index contributed by atoms with van der Waals surface area (Å²) in [6.45, 7) is 3.08. The average Bonchev–Trinajstić information content (AvgIpc) is 2.83. The Morgan fingerprint density at radius 2 is 1.85 bits per heavy atom. The molecule has 1 saturated heterocycles. The summed E-state index contributed by atoms with van der Waals surface area (Å²) in [6, 6.07) is 8.08. The fourth-order valence-corrected chi connectivity index (χ4v) is 4.13. The first kappa shape index (κ1) is 18.7. The topological polar surface area (TPSA) is 55.9 Å². The number of benzene rings is 1. The van der Waals surface area contributed by atoms with Crippen LogP contribution in [0.1, 0.15) is 38.2 Å². The van der Waals surface area contributed by atoms with Gasteiger partial charge in [0.05, 0.1) is 6.67 Å². The third-order valence-electron chi connectivity index (χ3n) is 5.79. The van der Waals surface area contributed by atoms with Gasteiger partial charge in [-0.05, 0) is 43.5 Å². The second-order valence-electron chi connectivity index (χ2n) is 8.00. The number of nitrogens with zero attached hydrogens (tertiary/aromatic N) is 3. The fourth-order valence-electron chi connectivity index (χ4n) is 4.13. The van der Waals surface area contributed by atoms with Gasteiger partial charge in [-0.3, -0.25) is 9.69 Å². The van der Waals surface area contributed by atoms with Gasteiger partial charge in [-0.15, -0.1) is 0 Å². The van der Waals surface area contributed by atoms with E-state index in [4.69, 9.17) is 0 Å². The number of carbonyl (C=O) groups excluding carboxylic acids is 2. The summed E-state index contributed by atoms with van der Waals surface area (Å²) in [5, 5.41) is 3.01. The van der Waals surface area contributed by atoms with Crippen molar-refractivity contribution in [2.24, 2.45) is 5.92 Å². The number of rotatable bonds is 5. The van der Waals surface area contributed by atoms with Crippen molar-refractivity contribution in [1.29, 1.82) is 0 Å². The van der Waals surface area contributed by atoms with Crippen LogP contribution in [0.2, 0.25) is 0 Å². The zero-order chi connectivity index (χ0) is 18.9. The van der Waals surface area contributed by atoms with Crippen LogP contribution >= 0.6 is 0 Å². The molecule has 1 aromatic rings. The predicted molar refractivity (Wildman–Crippen MR) is 103 cm³/mol. The quantitative estimate of drug-likeness (QED) is 0.822. The number of nitrogens with one attached hydrogen (secondary N) is 1. The standard InChI is InChI=1S/C20H30N4O2/c1-15-7-5-6-12-20(15)18(25)24(19(26)21-20)14-23(4)13-16-8-10-17(11-9-16)22(2)3/h8-11,15H,5-7,12-14H2,1-4H3,(H,21,26)/t15-,20-/m1/s1. The van der Waals surface area contributed by atoms with E-state index in [9.17, 15) is 9.59 Å². The molecule has 3 amide bonds. The number of amides is 3. The van der Waals surface area contributed by atoms with Crippen molar-refractivity contribution >= 4 is 17.6 Å². The van der Waals surface area contributed by atoms with Crippen molar-refractivity contribution in [2.75, 3.05) is 32.7 Å². The molecule has 0 aromatic heterocycles. The zero-order valence-electron chi connectivity index (χ0n) is 16.3. The summed E-state index contributed by atoms with van der Waals surface area (Å²) >= 11 is 0. The highest BCUT2D eigenvalue weighted by molar-refractivity contribution is 6.07. The largest absolute Gasteiger partial charge is 0.378 e. The lowest BCUT2D eigenvalue weighted by molar-refractivity contribution is -0.135. The van der Waals surface area contributed by atoms with Crippen molar-refractivity contribution in [3.8, 4) is 0 Å². The van der Waals surface area contributed by atoms with Gasteiger partial charge in [-0.1, -0.05) is 31.9 Å². The average molecular weight is 358 g/mol. The number of urea groups is 1. The van der Waals surface area contributed by atoms with E-state index in [-0.39, 0.29) is 17.9 Å². The normalized spacial score (nSPS) is 25.9. The molecule has 0 unspecified atom stereocenters. The third-order valence-corrected chi connectivity index (χ3v) is 5.79. The Labute approximate surface area is 156 Å². The summed E-state index contributed by atoms with van der Waals surface area (Å²) in [5.74, 6) is 0.145. The highest BCUT2D eigenvalue weighted by Crippen LogP contribution is 2.38. The van der Waals surface area contributed by atoms with E-state index in [1.165, 1.54) is 4.90 Å². The van der Waals surface area contributed by atoms with Gasteiger partial charge >= 0.3 is 6.03 Å². The second kappa shape index (κ2) is 7.27. The molecule has 142 valence electrons. The van der Waals surface area contributed by atoms with E-state index in [0.717, 1.165) is 36.9 Å². The molecule has 1 heterocycles. The van der Waals surface area contributed by atoms with Crippen molar-refractivity contribution in [2.45, 2.75) is 44.7 Å². The Balaban J connectivity index is 1.64. The van der Waals surface area contributed by atoms with Crippen LogP contribution in [-0.4, -0.2) is 55.1 Å². The van der Waals surface area contributed by atoms with Crippen LogP contribution in [0.15, 0.2) is 24.3 Å². The lowest BCUT2D eigenvalue weighted by Gasteiger charge is -2.37. The molecule has 2 aliphatic rings. The van der Waals surface area contributed by atoms with E-state index in [1.54, 1.807) is 0 Å². The second-order valence-corrected chi connectivity index (χ2v) is 8.00. The first-order valence-corrected chi connectivity index (χ1v) is 9.42. The Morgan fingerprint density at radius 3 is 2.46 bits per heavy atom. The van der Waals surface area contributed by atoms with E-state index >= 15 is 0 Å². The molecule has 6 nitrogen and oxygen atoms in total. The van der Waals surface area contributed by atoms with Crippen molar-refractivity contribution < 1.29 is 9.59 Å². The van der Waals surface area contributed by atoms with Gasteiger partial charge in [-0.25, -0.2) is 9.69 Å². The minimum atomic E-state index is -0.677. The molecule has 2 fully saturated rings. The maximum absolute atomic E-state index is 13.0. The summed E-state index contributed by atoms with van der Waals surface area (Å²) < 4.78 is 0. The van der Waals surface area contributed by atoms with Crippen LogP contribution < -0.4 is 10.2 Å². The van der Waals surface area contributed by atoms with Crippen LogP contribution in [0.25, 0.3) is 0 Å². The maximum Gasteiger partial charge on any atom is 0.326 e. The molecule has 1 aromatic carbocycles. The van der Waals surface area contributed by atoms with Crippen LogP contribution in [0.5, 0.6) is 0 Å². The van der Waals surface area contributed by atoms with Gasteiger partial charge in [0.2, 0.25) is 0 Å². The summed E-state index contributed by atoms with van der Waals surface area (Å²) in [6.07, 6.45) is 3.88. The molecule has 1 spiro atoms. The Morgan fingerprint density at radius 1 is 1.15 bits per heavy atom. The van der Waals surface area contributed by atoms with E-state index < -0.39 is 5.54 Å². The first-order chi connectivity index (χ1) is 12.3. The lowest BCUT2D eigenvalue weighted by Crippen LogP contribution is -2.54. The van der Waals surface area contributed by atoms with Crippen LogP contribution in [0, 0.1) is 5.92 Å². The van der Waals surface area contributed by atoms with Gasteiger partial charge in [0.25, 0.3) is 5.91 Å². The van der Waals surface area contributed by atoms with Crippen molar-refractivity contribution in [3.05, 3.63) is 29.8 Å². The Kier molecular flexibility index (Phi) is 5.23. The minimum Gasteiger partial charge on any atom is -0.378 e. The van der Waals surface area contributed by atoms with Crippen LogP contribution in [0.4, 0.5) is 10.5 Å². The smallest absolute Gasteiger partial charge is 0.326 e. The van der Waals surface area contributed by atoms with Gasteiger partial charge in [0.15, 0.2) is 0 Å². The first-order valence-electron chi connectivity index (χ1n) is 9.42. The van der Waals surface area contributed by atoms with E-state index in [1.807, 2.05) is 26.0 Å². The molecule has 1 aliphatic heterocycles. The number of carbonyl (C=O) groups is 2.